The molecule has 1 saturated heterocycles. The van der Waals surface area contributed by atoms with Crippen molar-refractivity contribution < 1.29 is 14.9 Å². The van der Waals surface area contributed by atoms with Crippen LogP contribution in [0.4, 0.5) is 0 Å². The second-order valence-corrected chi connectivity index (χ2v) is 14.4. The maximum atomic E-state index is 11.1. The second kappa shape index (κ2) is 9.02. The Labute approximate surface area is 212 Å². The number of allylic oxidation sites excluding steroid dienone is 2. The van der Waals surface area contributed by atoms with Gasteiger partial charge in [-0.25, -0.2) is 0 Å². The minimum absolute atomic E-state index is 0.0964. The van der Waals surface area contributed by atoms with E-state index in [2.05, 4.69) is 17.9 Å². The van der Waals surface area contributed by atoms with Gasteiger partial charge in [0.05, 0.1) is 24.1 Å². The Morgan fingerprint density at radius 2 is 1.66 bits per heavy atom. The van der Waals surface area contributed by atoms with Crippen molar-refractivity contribution in [2.24, 2.45) is 52.8 Å². The molecule has 0 aromatic rings. The zero-order valence-corrected chi connectivity index (χ0v) is 22.0. The molecule has 0 radical (unpaired) electrons. The van der Waals surface area contributed by atoms with Crippen LogP contribution in [0.15, 0.2) is 11.8 Å². The van der Waals surface area contributed by atoms with E-state index in [0.717, 1.165) is 60.7 Å². The molecule has 6 aliphatic carbocycles. The van der Waals surface area contributed by atoms with Gasteiger partial charge >= 0.3 is 0 Å². The summed E-state index contributed by atoms with van der Waals surface area (Å²) in [7, 11) is 0. The van der Waals surface area contributed by atoms with Crippen molar-refractivity contribution in [2.45, 2.75) is 109 Å². The molecule has 7 aliphatic rings. The standard InChI is InChI=1S/C31H49NO3/c1-31-15-27(20-4-8-23(9-5-20)35-24-17-32(18-24)16-19-2-3-19)30-25-11-7-22(33)14-21(25)6-10-26(30)28(31)12-13-29(31)34/h7,19-21,23-30,33-34H,2-6,8-18H2,1H3/t20?,21?,23?,25?,26-,27+,28-,29-,30?,31-/m0/s1. The lowest BCUT2D eigenvalue weighted by molar-refractivity contribution is -0.137. The fraction of sp³-hybridized carbons (Fsp3) is 0.935. The molecular weight excluding hydrogens is 434 g/mol. The molecule has 6 fully saturated rings. The van der Waals surface area contributed by atoms with Gasteiger partial charge in [0, 0.05) is 26.1 Å². The Bertz CT molecular complexity index is 810. The van der Waals surface area contributed by atoms with Gasteiger partial charge in [0.1, 0.15) is 0 Å². The van der Waals surface area contributed by atoms with Gasteiger partial charge in [0.15, 0.2) is 0 Å². The summed E-state index contributed by atoms with van der Waals surface area (Å²) < 4.78 is 6.59. The molecule has 196 valence electrons. The third kappa shape index (κ3) is 4.22. The van der Waals surface area contributed by atoms with Gasteiger partial charge in [0.25, 0.3) is 0 Å². The van der Waals surface area contributed by atoms with Crippen LogP contribution >= 0.6 is 0 Å². The Hall–Kier alpha value is -0.580. The third-order valence-corrected chi connectivity index (χ3v) is 12.5. The SMILES string of the molecule is C[C@]12C[C@H](C3CCC(OC4CN(CC5CC5)C4)CC3)C3C4CC=C(O)CC4CC[C@H]3[C@@H]1CC[C@@H]2O. The predicted octanol–water partition coefficient (Wildman–Crippen LogP) is 5.95. The number of likely N-dealkylation sites (tertiary alicyclic amines) is 1. The average Bonchev–Trinajstić information content (AvgIpc) is 3.60. The quantitative estimate of drug-likeness (QED) is 0.508. The zero-order valence-electron chi connectivity index (χ0n) is 22.0. The number of aliphatic hydroxyl groups excluding tert-OH is 2. The first kappa shape index (κ1) is 23.5. The van der Waals surface area contributed by atoms with Crippen LogP contribution in [-0.2, 0) is 4.74 Å². The van der Waals surface area contributed by atoms with E-state index in [1.54, 1.807) is 0 Å². The lowest BCUT2D eigenvalue weighted by Gasteiger charge is -2.60. The number of hydrogen-bond acceptors (Lipinski definition) is 4. The molecule has 5 saturated carbocycles. The molecule has 0 aromatic heterocycles. The minimum Gasteiger partial charge on any atom is -0.513 e. The molecule has 0 bridgehead atoms. The highest BCUT2D eigenvalue weighted by Crippen LogP contribution is 2.66. The Morgan fingerprint density at radius 3 is 2.43 bits per heavy atom. The number of hydrogen-bond donors (Lipinski definition) is 2. The van der Waals surface area contributed by atoms with Gasteiger partial charge in [-0.2, -0.15) is 0 Å². The van der Waals surface area contributed by atoms with Crippen LogP contribution in [0.2, 0.25) is 0 Å². The molecule has 8 atom stereocenters. The van der Waals surface area contributed by atoms with Gasteiger partial charge < -0.3 is 14.9 Å². The van der Waals surface area contributed by atoms with E-state index in [0.29, 0.717) is 23.9 Å². The molecule has 0 spiro atoms. The summed E-state index contributed by atoms with van der Waals surface area (Å²) in [4.78, 5) is 2.61. The van der Waals surface area contributed by atoms with E-state index >= 15 is 0 Å². The summed E-state index contributed by atoms with van der Waals surface area (Å²) in [6.07, 6.45) is 19.2. The maximum Gasteiger partial charge on any atom is 0.0885 e. The van der Waals surface area contributed by atoms with Crippen molar-refractivity contribution in [3.63, 3.8) is 0 Å². The van der Waals surface area contributed by atoms with Crippen molar-refractivity contribution >= 4 is 0 Å². The predicted molar refractivity (Wildman–Crippen MR) is 138 cm³/mol. The molecular formula is C31H49NO3. The lowest BCUT2D eigenvalue weighted by Crippen LogP contribution is -2.55. The topological polar surface area (TPSA) is 52.9 Å². The van der Waals surface area contributed by atoms with Crippen LogP contribution in [0.5, 0.6) is 0 Å². The molecule has 2 N–H and O–H groups in total. The summed E-state index contributed by atoms with van der Waals surface area (Å²) >= 11 is 0. The molecule has 1 aliphatic heterocycles. The Morgan fingerprint density at radius 1 is 0.886 bits per heavy atom. The highest BCUT2D eigenvalue weighted by atomic mass is 16.5. The van der Waals surface area contributed by atoms with Gasteiger partial charge in [0.2, 0.25) is 0 Å². The van der Waals surface area contributed by atoms with E-state index in [-0.39, 0.29) is 11.5 Å². The first-order chi connectivity index (χ1) is 17.0. The molecule has 1 heterocycles. The smallest absolute Gasteiger partial charge is 0.0885 e. The van der Waals surface area contributed by atoms with Crippen molar-refractivity contribution in [1.82, 2.24) is 4.90 Å². The normalized spacial score (nSPS) is 50.6. The minimum atomic E-state index is -0.0964. The third-order valence-electron chi connectivity index (χ3n) is 12.5. The second-order valence-electron chi connectivity index (χ2n) is 14.4. The number of fused-ring (bicyclic) bond motifs is 5. The first-order valence-electron chi connectivity index (χ1n) is 15.4. The van der Waals surface area contributed by atoms with Crippen LogP contribution in [0, 0.1) is 52.8 Å². The van der Waals surface area contributed by atoms with Crippen molar-refractivity contribution in [3.05, 3.63) is 11.8 Å². The molecule has 3 unspecified atom stereocenters. The van der Waals surface area contributed by atoms with Gasteiger partial charge in [-0.05, 0) is 136 Å². The van der Waals surface area contributed by atoms with Crippen LogP contribution in [0.1, 0.15) is 90.4 Å². The summed E-state index contributed by atoms with van der Waals surface area (Å²) in [5.41, 5.74) is 0.135. The number of rotatable bonds is 5. The fourth-order valence-corrected chi connectivity index (χ4v) is 10.5. The highest BCUT2D eigenvalue weighted by molar-refractivity contribution is 5.12. The largest absolute Gasteiger partial charge is 0.513 e. The average molecular weight is 484 g/mol. The summed E-state index contributed by atoms with van der Waals surface area (Å²) in [5, 5.41) is 21.4. The fourth-order valence-electron chi connectivity index (χ4n) is 10.5. The number of ether oxygens (including phenoxy) is 1. The zero-order chi connectivity index (χ0) is 23.7. The molecule has 0 amide bonds. The van der Waals surface area contributed by atoms with Gasteiger partial charge in [-0.3, -0.25) is 4.90 Å². The van der Waals surface area contributed by atoms with E-state index in [1.807, 2.05) is 0 Å². The molecule has 35 heavy (non-hydrogen) atoms. The summed E-state index contributed by atoms with van der Waals surface area (Å²) in [5.74, 6) is 6.99. The number of aliphatic hydroxyl groups is 2. The maximum absolute atomic E-state index is 11.1. The van der Waals surface area contributed by atoms with Crippen LogP contribution in [0.3, 0.4) is 0 Å². The summed E-state index contributed by atoms with van der Waals surface area (Å²) in [6.45, 7) is 6.11. The van der Waals surface area contributed by atoms with Crippen molar-refractivity contribution in [2.75, 3.05) is 19.6 Å². The van der Waals surface area contributed by atoms with Crippen molar-refractivity contribution in [3.8, 4) is 0 Å². The van der Waals surface area contributed by atoms with E-state index in [9.17, 15) is 10.2 Å². The Kier molecular flexibility index (Phi) is 6.06. The van der Waals surface area contributed by atoms with Crippen LogP contribution < -0.4 is 0 Å². The van der Waals surface area contributed by atoms with Crippen LogP contribution in [-0.4, -0.2) is 53.1 Å². The highest BCUT2D eigenvalue weighted by Gasteiger charge is 2.60. The molecule has 0 aromatic carbocycles. The first-order valence-corrected chi connectivity index (χ1v) is 15.4. The monoisotopic (exact) mass is 483 g/mol. The van der Waals surface area contributed by atoms with Crippen LogP contribution in [0.25, 0.3) is 0 Å². The lowest BCUT2D eigenvalue weighted by atomic mass is 9.45. The summed E-state index contributed by atoms with van der Waals surface area (Å²) in [6, 6.07) is 0. The number of nitrogens with zero attached hydrogens (tertiary/aromatic N) is 1. The molecule has 4 nitrogen and oxygen atoms in total. The van der Waals surface area contributed by atoms with E-state index in [4.69, 9.17) is 4.74 Å². The van der Waals surface area contributed by atoms with Gasteiger partial charge in [-0.1, -0.05) is 6.92 Å². The Balaban J connectivity index is 1.03. The van der Waals surface area contributed by atoms with Crippen molar-refractivity contribution in [1.29, 1.82) is 0 Å². The van der Waals surface area contributed by atoms with E-state index in [1.165, 1.54) is 83.8 Å². The van der Waals surface area contributed by atoms with Gasteiger partial charge in [-0.15, -0.1) is 0 Å². The van der Waals surface area contributed by atoms with E-state index < -0.39 is 0 Å². The molecule has 7 rings (SSSR count). The molecule has 4 heteroatoms.